The number of benzene rings is 2. The predicted octanol–water partition coefficient (Wildman–Crippen LogP) is 3.82. The van der Waals surface area contributed by atoms with Crippen molar-refractivity contribution in [1.82, 2.24) is 0 Å². The summed E-state index contributed by atoms with van der Waals surface area (Å²) in [6.07, 6.45) is -6.28. The summed E-state index contributed by atoms with van der Waals surface area (Å²) in [5, 5.41) is 20.2. The standard InChI is InChI=1S/C16H12F7NO3/c17-9-3-10(18)14(4-13(9)24-5-8(26)6-25)27-15-11(19)1-7(2-12(15)20)16(21,22)23/h1-4,8,24-26H,5-6H2. The molecule has 0 aliphatic carbocycles. The van der Waals surface area contributed by atoms with Gasteiger partial charge in [-0.3, -0.25) is 0 Å². The lowest BCUT2D eigenvalue weighted by Crippen LogP contribution is -2.23. The highest BCUT2D eigenvalue weighted by atomic mass is 19.4. The van der Waals surface area contributed by atoms with E-state index < -0.39 is 64.9 Å². The van der Waals surface area contributed by atoms with Crippen molar-refractivity contribution in [3.63, 3.8) is 0 Å². The van der Waals surface area contributed by atoms with E-state index in [1.807, 2.05) is 0 Å². The number of halogens is 7. The number of ether oxygens (including phenoxy) is 1. The molecule has 0 aliphatic heterocycles. The fourth-order valence-corrected chi connectivity index (χ4v) is 1.97. The second-order valence-corrected chi connectivity index (χ2v) is 5.35. The highest BCUT2D eigenvalue weighted by Gasteiger charge is 2.33. The van der Waals surface area contributed by atoms with Crippen LogP contribution in [0.2, 0.25) is 0 Å². The molecule has 0 bridgehead atoms. The maximum atomic E-state index is 13.8. The van der Waals surface area contributed by atoms with Crippen molar-refractivity contribution in [2.45, 2.75) is 12.3 Å². The minimum Gasteiger partial charge on any atom is -0.448 e. The van der Waals surface area contributed by atoms with Crippen molar-refractivity contribution in [2.24, 2.45) is 0 Å². The van der Waals surface area contributed by atoms with E-state index in [0.717, 1.165) is 0 Å². The molecular weight excluding hydrogens is 387 g/mol. The van der Waals surface area contributed by atoms with Crippen LogP contribution in [0.4, 0.5) is 36.4 Å². The molecule has 0 saturated carbocycles. The van der Waals surface area contributed by atoms with Gasteiger partial charge in [0.05, 0.1) is 24.0 Å². The van der Waals surface area contributed by atoms with Crippen LogP contribution in [-0.4, -0.2) is 29.5 Å². The summed E-state index contributed by atoms with van der Waals surface area (Å²) < 4.78 is 97.3. The quantitative estimate of drug-likeness (QED) is 0.647. The van der Waals surface area contributed by atoms with Crippen molar-refractivity contribution in [1.29, 1.82) is 0 Å². The third kappa shape index (κ3) is 5.01. The molecule has 148 valence electrons. The lowest BCUT2D eigenvalue weighted by atomic mass is 10.2. The Labute approximate surface area is 147 Å². The summed E-state index contributed by atoms with van der Waals surface area (Å²) in [4.78, 5) is 0. The monoisotopic (exact) mass is 399 g/mol. The van der Waals surface area contributed by atoms with E-state index in [1.54, 1.807) is 0 Å². The van der Waals surface area contributed by atoms with Crippen LogP contribution in [-0.2, 0) is 6.18 Å². The van der Waals surface area contributed by atoms with Gasteiger partial charge in [0, 0.05) is 18.7 Å². The summed E-state index contributed by atoms with van der Waals surface area (Å²) in [5.41, 5.74) is -2.04. The first kappa shape index (κ1) is 20.8. The minimum absolute atomic E-state index is 0.0311. The van der Waals surface area contributed by atoms with E-state index in [1.165, 1.54) is 0 Å². The SMILES string of the molecule is OCC(O)CNc1cc(Oc2c(F)cc(C(F)(F)F)cc2F)c(F)cc1F. The predicted molar refractivity (Wildman–Crippen MR) is 79.4 cm³/mol. The number of alkyl halides is 3. The molecule has 2 aromatic carbocycles. The van der Waals surface area contributed by atoms with E-state index in [0.29, 0.717) is 12.1 Å². The van der Waals surface area contributed by atoms with Gasteiger partial charge >= 0.3 is 6.18 Å². The summed E-state index contributed by atoms with van der Waals surface area (Å²) in [7, 11) is 0. The fraction of sp³-hybridized carbons (Fsp3) is 0.250. The molecule has 0 amide bonds. The van der Waals surface area contributed by atoms with Crippen LogP contribution in [0.1, 0.15) is 5.56 Å². The molecule has 1 atom stereocenters. The van der Waals surface area contributed by atoms with Crippen molar-refractivity contribution < 1.29 is 45.7 Å². The second kappa shape index (κ2) is 8.01. The normalized spacial score (nSPS) is 12.8. The van der Waals surface area contributed by atoms with Gasteiger partial charge in [0.1, 0.15) is 5.82 Å². The fourth-order valence-electron chi connectivity index (χ4n) is 1.97. The van der Waals surface area contributed by atoms with Crippen LogP contribution in [0.25, 0.3) is 0 Å². The van der Waals surface area contributed by atoms with E-state index >= 15 is 0 Å². The van der Waals surface area contributed by atoms with Crippen molar-refractivity contribution in [2.75, 3.05) is 18.5 Å². The largest absolute Gasteiger partial charge is 0.448 e. The molecule has 0 saturated heterocycles. The highest BCUT2D eigenvalue weighted by molar-refractivity contribution is 5.51. The molecule has 27 heavy (non-hydrogen) atoms. The van der Waals surface area contributed by atoms with Crippen molar-refractivity contribution in [3.05, 3.63) is 53.1 Å². The van der Waals surface area contributed by atoms with Gasteiger partial charge in [-0.2, -0.15) is 13.2 Å². The Morgan fingerprint density at radius 2 is 1.52 bits per heavy atom. The highest BCUT2D eigenvalue weighted by Crippen LogP contribution is 2.37. The Kier molecular flexibility index (Phi) is 6.16. The maximum absolute atomic E-state index is 13.8. The number of aliphatic hydroxyl groups excluding tert-OH is 2. The lowest BCUT2D eigenvalue weighted by molar-refractivity contribution is -0.138. The van der Waals surface area contributed by atoms with Crippen LogP contribution < -0.4 is 10.1 Å². The van der Waals surface area contributed by atoms with E-state index in [4.69, 9.17) is 5.11 Å². The second-order valence-electron chi connectivity index (χ2n) is 5.35. The zero-order valence-corrected chi connectivity index (χ0v) is 13.2. The number of hydrogen-bond donors (Lipinski definition) is 3. The van der Waals surface area contributed by atoms with Gasteiger partial charge in [0.15, 0.2) is 29.0 Å². The van der Waals surface area contributed by atoms with Crippen molar-refractivity contribution >= 4 is 5.69 Å². The summed E-state index contributed by atoms with van der Waals surface area (Å²) in [5.74, 6) is -8.19. The first-order chi connectivity index (χ1) is 12.5. The Bertz CT molecular complexity index is 803. The van der Waals surface area contributed by atoms with Crippen LogP contribution in [0.15, 0.2) is 24.3 Å². The lowest BCUT2D eigenvalue weighted by Gasteiger charge is -2.15. The van der Waals surface area contributed by atoms with E-state index in [9.17, 15) is 35.8 Å². The summed E-state index contributed by atoms with van der Waals surface area (Å²) in [6, 6.07) is 0.904. The zero-order chi connectivity index (χ0) is 20.4. The number of aliphatic hydroxyl groups is 2. The van der Waals surface area contributed by atoms with Gasteiger partial charge in [-0.05, 0) is 12.1 Å². The number of nitrogens with one attached hydrogen (secondary N) is 1. The molecule has 1 unspecified atom stereocenters. The Morgan fingerprint density at radius 3 is 2.04 bits per heavy atom. The smallest absolute Gasteiger partial charge is 0.416 e. The molecule has 3 N–H and O–H groups in total. The number of anilines is 1. The Morgan fingerprint density at radius 1 is 0.926 bits per heavy atom. The molecule has 11 heteroatoms. The maximum Gasteiger partial charge on any atom is 0.416 e. The average Bonchev–Trinajstić information content (AvgIpc) is 2.57. The molecule has 4 nitrogen and oxygen atoms in total. The van der Waals surface area contributed by atoms with E-state index in [-0.39, 0.29) is 18.7 Å². The van der Waals surface area contributed by atoms with E-state index in [2.05, 4.69) is 10.1 Å². The minimum atomic E-state index is -5.01. The first-order valence-electron chi connectivity index (χ1n) is 7.29. The van der Waals surface area contributed by atoms with Crippen LogP contribution in [0.5, 0.6) is 11.5 Å². The molecule has 0 radical (unpaired) electrons. The molecule has 0 aromatic heterocycles. The molecule has 0 aliphatic rings. The van der Waals surface area contributed by atoms with Crippen molar-refractivity contribution in [3.8, 4) is 11.5 Å². The van der Waals surface area contributed by atoms with Crippen LogP contribution >= 0.6 is 0 Å². The molecule has 0 fully saturated rings. The average molecular weight is 399 g/mol. The third-order valence-electron chi connectivity index (χ3n) is 3.30. The zero-order valence-electron chi connectivity index (χ0n) is 13.2. The molecular formula is C16H12F7NO3. The molecule has 2 rings (SSSR count). The molecule has 0 heterocycles. The van der Waals surface area contributed by atoms with Gasteiger partial charge in [0.25, 0.3) is 0 Å². The van der Waals surface area contributed by atoms with Gasteiger partial charge in [-0.25, -0.2) is 17.6 Å². The number of hydrogen-bond acceptors (Lipinski definition) is 4. The summed E-state index contributed by atoms with van der Waals surface area (Å²) >= 11 is 0. The third-order valence-corrected chi connectivity index (χ3v) is 3.30. The van der Waals surface area contributed by atoms with Crippen LogP contribution in [0.3, 0.4) is 0 Å². The molecule has 2 aromatic rings. The van der Waals surface area contributed by atoms with Crippen LogP contribution in [0, 0.1) is 23.3 Å². The Hall–Kier alpha value is -2.53. The van der Waals surface area contributed by atoms with Gasteiger partial charge in [0.2, 0.25) is 0 Å². The number of rotatable bonds is 6. The summed E-state index contributed by atoms with van der Waals surface area (Å²) in [6.45, 7) is -0.997. The topological polar surface area (TPSA) is 61.7 Å². The molecule has 0 spiro atoms. The van der Waals surface area contributed by atoms with Gasteiger partial charge in [-0.1, -0.05) is 0 Å². The Balaban J connectivity index is 2.34. The van der Waals surface area contributed by atoms with Gasteiger partial charge < -0.3 is 20.3 Å². The first-order valence-corrected chi connectivity index (χ1v) is 7.29. The van der Waals surface area contributed by atoms with Gasteiger partial charge in [-0.15, -0.1) is 0 Å².